The van der Waals surface area contributed by atoms with Crippen molar-refractivity contribution in [3.05, 3.63) is 29.8 Å². The summed E-state index contributed by atoms with van der Waals surface area (Å²) in [4.78, 5) is 7.96. The number of nitrogens with zero attached hydrogens (tertiary/aromatic N) is 2. The van der Waals surface area contributed by atoms with Crippen LogP contribution in [0.4, 0.5) is 4.39 Å². The molecule has 0 fully saturated rings. The average Bonchev–Trinajstić information content (AvgIpc) is 2.52. The third-order valence-corrected chi connectivity index (χ3v) is 2.11. The molecule has 68 valence electrons. The summed E-state index contributed by atoms with van der Waals surface area (Å²) in [6, 6.07) is 1.46. The maximum absolute atomic E-state index is 12.8. The molecule has 3 nitrogen and oxygen atoms in total. The van der Waals surface area contributed by atoms with Gasteiger partial charge in [-0.3, -0.25) is 9.98 Å². The number of aromatic nitrogens is 1. The van der Waals surface area contributed by atoms with E-state index in [4.69, 9.17) is 5.73 Å². The van der Waals surface area contributed by atoms with Crippen LogP contribution in [0, 0.1) is 5.82 Å². The third kappa shape index (κ3) is 1.66. The fourth-order valence-electron chi connectivity index (χ4n) is 1.47. The highest BCUT2D eigenvalue weighted by Gasteiger charge is 2.17. The second-order valence-electron chi connectivity index (χ2n) is 3.11. The fourth-order valence-corrected chi connectivity index (χ4v) is 1.47. The zero-order valence-electron chi connectivity index (χ0n) is 7.07. The molecule has 1 aromatic rings. The third-order valence-electron chi connectivity index (χ3n) is 2.11. The van der Waals surface area contributed by atoms with Crippen LogP contribution in [-0.4, -0.2) is 10.8 Å². The van der Waals surface area contributed by atoms with Crippen molar-refractivity contribution in [2.45, 2.75) is 18.9 Å². The molecule has 0 saturated heterocycles. The van der Waals surface area contributed by atoms with Crippen molar-refractivity contribution >= 4 is 5.84 Å². The number of nitrogens with two attached hydrogens (primary N) is 1. The summed E-state index contributed by atoms with van der Waals surface area (Å²) in [5, 5.41) is 0. The molecule has 13 heavy (non-hydrogen) atoms. The molecule has 0 spiro atoms. The zero-order chi connectivity index (χ0) is 9.26. The first-order valence-corrected chi connectivity index (χ1v) is 4.18. The maximum Gasteiger partial charge on any atom is 0.141 e. The first-order chi connectivity index (χ1) is 6.25. The van der Waals surface area contributed by atoms with Crippen LogP contribution in [0.25, 0.3) is 0 Å². The second-order valence-corrected chi connectivity index (χ2v) is 3.11. The van der Waals surface area contributed by atoms with E-state index < -0.39 is 0 Å². The van der Waals surface area contributed by atoms with Gasteiger partial charge in [0.2, 0.25) is 0 Å². The van der Waals surface area contributed by atoms with Crippen molar-refractivity contribution in [3.63, 3.8) is 0 Å². The van der Waals surface area contributed by atoms with Crippen molar-refractivity contribution in [3.8, 4) is 0 Å². The minimum absolute atomic E-state index is 0.00296. The largest absolute Gasteiger partial charge is 0.387 e. The summed E-state index contributed by atoms with van der Waals surface area (Å²) in [7, 11) is 0. The van der Waals surface area contributed by atoms with Crippen LogP contribution in [0.1, 0.15) is 24.4 Å². The molecule has 1 aliphatic rings. The van der Waals surface area contributed by atoms with Crippen molar-refractivity contribution in [2.75, 3.05) is 0 Å². The molecular formula is C9H10FN3. The molecular weight excluding hydrogens is 169 g/mol. The number of hydrogen-bond acceptors (Lipinski definition) is 3. The van der Waals surface area contributed by atoms with Crippen molar-refractivity contribution in [1.82, 2.24) is 4.98 Å². The highest BCUT2D eigenvalue weighted by Crippen LogP contribution is 2.27. The van der Waals surface area contributed by atoms with Gasteiger partial charge in [-0.25, -0.2) is 4.39 Å². The molecule has 2 rings (SSSR count). The highest BCUT2D eigenvalue weighted by atomic mass is 19.1. The standard InChI is InChI=1S/C9H10FN3/c10-7-3-6(4-12-5-7)8-1-2-9(11)13-8/h3-5,8H,1-2H2,(H2,11,13). The number of amidine groups is 1. The van der Waals surface area contributed by atoms with Crippen LogP contribution in [0.15, 0.2) is 23.5 Å². The van der Waals surface area contributed by atoms with E-state index in [0.717, 1.165) is 18.4 Å². The topological polar surface area (TPSA) is 51.3 Å². The van der Waals surface area contributed by atoms with E-state index in [0.29, 0.717) is 5.84 Å². The summed E-state index contributed by atoms with van der Waals surface area (Å²) in [5.41, 5.74) is 6.34. The van der Waals surface area contributed by atoms with Gasteiger partial charge in [0, 0.05) is 12.6 Å². The van der Waals surface area contributed by atoms with E-state index in [-0.39, 0.29) is 11.9 Å². The van der Waals surface area contributed by atoms with Gasteiger partial charge < -0.3 is 5.73 Å². The van der Waals surface area contributed by atoms with E-state index in [1.54, 1.807) is 6.20 Å². The monoisotopic (exact) mass is 179 g/mol. The molecule has 2 N–H and O–H groups in total. The lowest BCUT2D eigenvalue weighted by molar-refractivity contribution is 0.611. The smallest absolute Gasteiger partial charge is 0.141 e. The van der Waals surface area contributed by atoms with Crippen molar-refractivity contribution < 1.29 is 4.39 Å². The summed E-state index contributed by atoms with van der Waals surface area (Å²) >= 11 is 0. The predicted octanol–water partition coefficient (Wildman–Crippen LogP) is 1.41. The summed E-state index contributed by atoms with van der Waals surface area (Å²) in [6.45, 7) is 0. The Labute approximate surface area is 75.5 Å². The average molecular weight is 179 g/mol. The molecule has 1 atom stereocenters. The maximum atomic E-state index is 12.8. The second kappa shape index (κ2) is 3.12. The van der Waals surface area contributed by atoms with E-state index in [1.807, 2.05) is 0 Å². The lowest BCUT2D eigenvalue weighted by atomic mass is 10.1. The van der Waals surface area contributed by atoms with E-state index in [1.165, 1.54) is 12.3 Å². The van der Waals surface area contributed by atoms with Crippen LogP contribution in [0.3, 0.4) is 0 Å². The molecule has 0 aliphatic carbocycles. The molecule has 0 amide bonds. The molecule has 0 saturated carbocycles. The SMILES string of the molecule is NC1=NC(c2cncc(F)c2)CC1. The first kappa shape index (κ1) is 8.16. The van der Waals surface area contributed by atoms with Gasteiger partial charge in [0.25, 0.3) is 0 Å². The van der Waals surface area contributed by atoms with Crippen molar-refractivity contribution in [1.29, 1.82) is 0 Å². The van der Waals surface area contributed by atoms with Gasteiger partial charge in [-0.05, 0) is 18.1 Å². The number of pyridine rings is 1. The molecule has 1 aromatic heterocycles. The van der Waals surface area contributed by atoms with Gasteiger partial charge in [0.1, 0.15) is 5.82 Å². The summed E-state index contributed by atoms with van der Waals surface area (Å²) in [5.74, 6) is 0.326. The highest BCUT2D eigenvalue weighted by molar-refractivity contribution is 5.82. The fraction of sp³-hybridized carbons (Fsp3) is 0.333. The molecule has 2 heterocycles. The summed E-state index contributed by atoms with van der Waals surface area (Å²) in [6.07, 6.45) is 4.47. The minimum atomic E-state index is -0.321. The quantitative estimate of drug-likeness (QED) is 0.708. The van der Waals surface area contributed by atoms with Gasteiger partial charge in [-0.15, -0.1) is 0 Å². The number of aliphatic imine (C=N–C) groups is 1. The predicted molar refractivity (Wildman–Crippen MR) is 47.8 cm³/mol. The van der Waals surface area contributed by atoms with Crippen LogP contribution in [-0.2, 0) is 0 Å². The van der Waals surface area contributed by atoms with Crippen molar-refractivity contribution in [2.24, 2.45) is 10.7 Å². The van der Waals surface area contributed by atoms with Crippen LogP contribution in [0.2, 0.25) is 0 Å². The molecule has 1 aliphatic heterocycles. The zero-order valence-corrected chi connectivity index (χ0v) is 7.07. The Balaban J connectivity index is 2.26. The molecule has 0 aromatic carbocycles. The van der Waals surface area contributed by atoms with Crippen LogP contribution in [0.5, 0.6) is 0 Å². The minimum Gasteiger partial charge on any atom is -0.387 e. The normalized spacial score (nSPS) is 21.6. The lowest BCUT2D eigenvalue weighted by Crippen LogP contribution is -2.05. The van der Waals surface area contributed by atoms with Gasteiger partial charge >= 0.3 is 0 Å². The number of halogens is 1. The van der Waals surface area contributed by atoms with E-state index in [2.05, 4.69) is 9.98 Å². The van der Waals surface area contributed by atoms with Gasteiger partial charge in [0.05, 0.1) is 18.1 Å². The number of hydrogen-bond donors (Lipinski definition) is 1. The Hall–Kier alpha value is -1.45. The Morgan fingerprint density at radius 3 is 2.92 bits per heavy atom. The number of rotatable bonds is 1. The molecule has 0 bridgehead atoms. The van der Waals surface area contributed by atoms with Gasteiger partial charge in [-0.1, -0.05) is 0 Å². The van der Waals surface area contributed by atoms with Gasteiger partial charge in [0.15, 0.2) is 0 Å². The Morgan fingerprint density at radius 1 is 1.46 bits per heavy atom. The first-order valence-electron chi connectivity index (χ1n) is 4.18. The summed E-state index contributed by atoms with van der Waals surface area (Å²) < 4.78 is 12.8. The lowest BCUT2D eigenvalue weighted by Gasteiger charge is -2.04. The van der Waals surface area contributed by atoms with E-state index >= 15 is 0 Å². The molecule has 0 radical (unpaired) electrons. The van der Waals surface area contributed by atoms with E-state index in [9.17, 15) is 4.39 Å². The Bertz CT molecular complexity index is 348. The van der Waals surface area contributed by atoms with Gasteiger partial charge in [-0.2, -0.15) is 0 Å². The molecule has 1 unspecified atom stereocenters. The van der Waals surface area contributed by atoms with Crippen LogP contribution < -0.4 is 5.73 Å². The Kier molecular flexibility index (Phi) is 1.96. The molecule has 4 heteroatoms. The Morgan fingerprint density at radius 2 is 2.31 bits per heavy atom. The van der Waals surface area contributed by atoms with Crippen LogP contribution >= 0.6 is 0 Å².